The normalized spacial score (nSPS) is 11.7. The third-order valence-corrected chi connectivity index (χ3v) is 5.87. The quantitative estimate of drug-likeness (QED) is 0.518. The van der Waals surface area contributed by atoms with Crippen LogP contribution in [0, 0.1) is 6.92 Å². The van der Waals surface area contributed by atoms with Crippen molar-refractivity contribution in [1.29, 1.82) is 0 Å². The monoisotopic (exact) mass is 442 g/mol. The average Bonchev–Trinajstić information content (AvgIpc) is 3.13. The SMILES string of the molecule is COc1ccc(-c2nc(C[S@](=O)CC(=O)NCCc3ccccc3)c(C)o2)cc1OC. The van der Waals surface area contributed by atoms with Gasteiger partial charge in [-0.25, -0.2) is 4.98 Å². The van der Waals surface area contributed by atoms with Crippen molar-refractivity contribution in [3.8, 4) is 23.0 Å². The van der Waals surface area contributed by atoms with E-state index in [0.29, 0.717) is 35.4 Å². The lowest BCUT2D eigenvalue weighted by atomic mass is 10.1. The molecule has 1 amide bonds. The number of rotatable bonds is 10. The summed E-state index contributed by atoms with van der Waals surface area (Å²) >= 11 is 0. The molecule has 0 spiro atoms. The molecular weight excluding hydrogens is 416 g/mol. The zero-order chi connectivity index (χ0) is 22.2. The number of nitrogens with one attached hydrogen (secondary N) is 1. The first-order valence-corrected chi connectivity index (χ1v) is 11.3. The molecule has 0 fully saturated rings. The van der Waals surface area contributed by atoms with Gasteiger partial charge in [0.25, 0.3) is 0 Å². The summed E-state index contributed by atoms with van der Waals surface area (Å²) in [5, 5.41) is 2.82. The summed E-state index contributed by atoms with van der Waals surface area (Å²) in [6.07, 6.45) is 0.732. The molecule has 0 saturated carbocycles. The number of carbonyl (C=O) groups is 1. The highest BCUT2D eigenvalue weighted by Gasteiger charge is 2.17. The van der Waals surface area contributed by atoms with Crippen LogP contribution in [0.25, 0.3) is 11.5 Å². The fourth-order valence-electron chi connectivity index (χ4n) is 3.05. The highest BCUT2D eigenvalue weighted by molar-refractivity contribution is 7.84. The highest BCUT2D eigenvalue weighted by atomic mass is 32.2. The van der Waals surface area contributed by atoms with Gasteiger partial charge < -0.3 is 19.2 Å². The Morgan fingerprint density at radius 3 is 2.55 bits per heavy atom. The molecule has 8 heteroatoms. The number of benzene rings is 2. The van der Waals surface area contributed by atoms with Crippen LogP contribution in [0.1, 0.15) is 17.0 Å². The van der Waals surface area contributed by atoms with E-state index in [-0.39, 0.29) is 17.4 Å². The van der Waals surface area contributed by atoms with Crippen molar-refractivity contribution < 1.29 is 22.9 Å². The van der Waals surface area contributed by atoms with Gasteiger partial charge in [0, 0.05) is 22.9 Å². The van der Waals surface area contributed by atoms with Crippen LogP contribution in [0.4, 0.5) is 0 Å². The van der Waals surface area contributed by atoms with E-state index in [1.54, 1.807) is 33.3 Å². The van der Waals surface area contributed by atoms with Crippen molar-refractivity contribution in [1.82, 2.24) is 10.3 Å². The van der Waals surface area contributed by atoms with Crippen molar-refractivity contribution in [3.05, 3.63) is 65.5 Å². The topological polar surface area (TPSA) is 90.7 Å². The van der Waals surface area contributed by atoms with E-state index in [0.717, 1.165) is 17.5 Å². The minimum atomic E-state index is -1.39. The highest BCUT2D eigenvalue weighted by Crippen LogP contribution is 2.32. The van der Waals surface area contributed by atoms with Gasteiger partial charge in [0.15, 0.2) is 11.5 Å². The number of aryl methyl sites for hydroxylation is 1. The van der Waals surface area contributed by atoms with E-state index in [1.807, 2.05) is 36.4 Å². The molecule has 1 heterocycles. The second-order valence-electron chi connectivity index (χ2n) is 6.91. The van der Waals surface area contributed by atoms with Crippen LogP contribution in [0.3, 0.4) is 0 Å². The fourth-order valence-corrected chi connectivity index (χ4v) is 4.12. The maximum Gasteiger partial charge on any atom is 0.232 e. The van der Waals surface area contributed by atoms with Crippen LogP contribution in [-0.4, -0.2) is 41.6 Å². The van der Waals surface area contributed by atoms with E-state index in [1.165, 1.54) is 0 Å². The molecule has 0 aliphatic heterocycles. The van der Waals surface area contributed by atoms with Crippen molar-refractivity contribution in [2.45, 2.75) is 19.1 Å². The minimum absolute atomic E-state index is 0.0766. The first-order chi connectivity index (χ1) is 15.0. The van der Waals surface area contributed by atoms with E-state index in [2.05, 4.69) is 10.3 Å². The molecular formula is C23H26N2O5S. The van der Waals surface area contributed by atoms with Gasteiger partial charge in [0.05, 0.1) is 25.7 Å². The molecule has 3 aromatic rings. The van der Waals surface area contributed by atoms with E-state index >= 15 is 0 Å². The van der Waals surface area contributed by atoms with Gasteiger partial charge in [0.1, 0.15) is 11.5 Å². The molecule has 0 aliphatic carbocycles. The third kappa shape index (κ3) is 6.18. The first-order valence-electron chi connectivity index (χ1n) is 9.84. The Morgan fingerprint density at radius 1 is 1.10 bits per heavy atom. The molecule has 164 valence electrons. The maximum absolute atomic E-state index is 12.5. The molecule has 0 radical (unpaired) electrons. The van der Waals surface area contributed by atoms with Crippen molar-refractivity contribution in [2.75, 3.05) is 26.5 Å². The number of nitrogens with zero attached hydrogens (tertiary/aromatic N) is 1. The zero-order valence-electron chi connectivity index (χ0n) is 17.8. The largest absolute Gasteiger partial charge is 0.493 e. The molecule has 1 aromatic heterocycles. The number of amides is 1. The van der Waals surface area contributed by atoms with Gasteiger partial charge in [-0.2, -0.15) is 0 Å². The van der Waals surface area contributed by atoms with Gasteiger partial charge in [0.2, 0.25) is 11.8 Å². The summed E-state index contributed by atoms with van der Waals surface area (Å²) in [4.78, 5) is 16.6. The number of hydrogen-bond acceptors (Lipinski definition) is 6. The van der Waals surface area contributed by atoms with Crippen LogP contribution >= 0.6 is 0 Å². The predicted octanol–water partition coefficient (Wildman–Crippen LogP) is 3.27. The van der Waals surface area contributed by atoms with Crippen LogP contribution in [0.2, 0.25) is 0 Å². The molecule has 1 N–H and O–H groups in total. The summed E-state index contributed by atoms with van der Waals surface area (Å²) < 4.78 is 28.8. The van der Waals surface area contributed by atoms with Crippen LogP contribution in [0.5, 0.6) is 11.5 Å². The molecule has 3 rings (SSSR count). The number of ether oxygens (including phenoxy) is 2. The van der Waals surface area contributed by atoms with Gasteiger partial charge in [-0.05, 0) is 37.1 Å². The predicted molar refractivity (Wildman–Crippen MR) is 120 cm³/mol. The summed E-state index contributed by atoms with van der Waals surface area (Å²) in [5.41, 5.74) is 2.43. The minimum Gasteiger partial charge on any atom is -0.493 e. The second kappa shape index (κ2) is 10.8. The Morgan fingerprint density at radius 2 is 1.84 bits per heavy atom. The zero-order valence-corrected chi connectivity index (χ0v) is 18.7. The smallest absolute Gasteiger partial charge is 0.232 e. The lowest BCUT2D eigenvalue weighted by Gasteiger charge is -2.07. The van der Waals surface area contributed by atoms with Crippen LogP contribution < -0.4 is 14.8 Å². The standard InChI is InChI=1S/C23H26N2O5S/c1-16-19(25-23(30-16)18-9-10-20(28-2)21(13-18)29-3)14-31(27)15-22(26)24-12-11-17-7-5-4-6-8-17/h4-10,13H,11-12,14-15H2,1-3H3,(H,24,26)/t31-/m0/s1. The Hall–Kier alpha value is -3.13. The molecule has 31 heavy (non-hydrogen) atoms. The van der Waals surface area contributed by atoms with Gasteiger partial charge in [-0.3, -0.25) is 9.00 Å². The van der Waals surface area contributed by atoms with Crippen molar-refractivity contribution in [2.24, 2.45) is 0 Å². The lowest BCUT2D eigenvalue weighted by molar-refractivity contribution is -0.118. The van der Waals surface area contributed by atoms with Gasteiger partial charge >= 0.3 is 0 Å². The Labute approximate surface area is 184 Å². The van der Waals surface area contributed by atoms with E-state index in [4.69, 9.17) is 13.9 Å². The number of methoxy groups -OCH3 is 2. The molecule has 0 aliphatic rings. The van der Waals surface area contributed by atoms with Gasteiger partial charge in [-0.1, -0.05) is 30.3 Å². The lowest BCUT2D eigenvalue weighted by Crippen LogP contribution is -2.30. The summed E-state index contributed by atoms with van der Waals surface area (Å²) in [7, 11) is 1.73. The van der Waals surface area contributed by atoms with Crippen molar-refractivity contribution >= 4 is 16.7 Å². The Balaban J connectivity index is 1.56. The average molecular weight is 443 g/mol. The number of hydrogen-bond donors (Lipinski definition) is 1. The molecule has 0 unspecified atom stereocenters. The fraction of sp³-hybridized carbons (Fsp3) is 0.304. The van der Waals surface area contributed by atoms with Crippen LogP contribution in [0.15, 0.2) is 52.9 Å². The molecule has 2 aromatic carbocycles. The summed E-state index contributed by atoms with van der Waals surface area (Å²) in [6.45, 7) is 2.27. The maximum atomic E-state index is 12.5. The van der Waals surface area contributed by atoms with Crippen molar-refractivity contribution in [3.63, 3.8) is 0 Å². The molecule has 1 atom stereocenters. The molecule has 7 nitrogen and oxygen atoms in total. The Kier molecular flexibility index (Phi) is 7.83. The van der Waals surface area contributed by atoms with E-state index < -0.39 is 10.8 Å². The van der Waals surface area contributed by atoms with Crippen LogP contribution in [-0.2, 0) is 27.8 Å². The molecule has 0 bridgehead atoms. The summed E-state index contributed by atoms with van der Waals surface area (Å²) in [6, 6.07) is 15.2. The Bertz CT molecular complexity index is 1050. The molecule has 0 saturated heterocycles. The second-order valence-corrected chi connectivity index (χ2v) is 8.36. The third-order valence-electron chi connectivity index (χ3n) is 4.69. The van der Waals surface area contributed by atoms with Gasteiger partial charge in [-0.15, -0.1) is 0 Å². The summed E-state index contributed by atoms with van der Waals surface area (Å²) in [5.74, 6) is 1.97. The number of oxazole rings is 1. The first kappa shape index (κ1) is 22.6. The number of carbonyl (C=O) groups excluding carboxylic acids is 1. The number of aromatic nitrogens is 1. The van der Waals surface area contributed by atoms with E-state index in [9.17, 15) is 9.00 Å².